The van der Waals surface area contributed by atoms with Crippen LogP contribution in [0, 0.1) is 0 Å². The second-order valence-electron chi connectivity index (χ2n) is 2.34. The van der Waals surface area contributed by atoms with Gasteiger partial charge in [0.2, 0.25) is 0 Å². The summed E-state index contributed by atoms with van der Waals surface area (Å²) in [5.74, 6) is 0.179. The molecule has 0 aliphatic rings. The molecule has 0 atom stereocenters. The van der Waals surface area contributed by atoms with Crippen LogP contribution in [0.4, 0.5) is 0 Å². The zero-order valence-electron chi connectivity index (χ0n) is 5.84. The highest BCUT2D eigenvalue weighted by atomic mass is 79.9. The fourth-order valence-electron chi connectivity index (χ4n) is 1.04. The SMILES string of the molecule is Oc1c(Cl)sc2c(Br)cccc12. The highest BCUT2D eigenvalue weighted by Crippen LogP contribution is 2.43. The van der Waals surface area contributed by atoms with Gasteiger partial charge in [0.05, 0.1) is 4.70 Å². The summed E-state index contributed by atoms with van der Waals surface area (Å²) in [6.07, 6.45) is 0. The van der Waals surface area contributed by atoms with E-state index in [4.69, 9.17) is 11.6 Å². The number of hydrogen-bond acceptors (Lipinski definition) is 2. The van der Waals surface area contributed by atoms with Crippen molar-refractivity contribution in [2.45, 2.75) is 0 Å². The van der Waals surface area contributed by atoms with Gasteiger partial charge in [0.1, 0.15) is 4.34 Å². The number of fused-ring (bicyclic) bond motifs is 1. The minimum atomic E-state index is 0.179. The van der Waals surface area contributed by atoms with E-state index in [1.165, 1.54) is 11.3 Å². The molecule has 1 N–H and O–H groups in total. The molecule has 0 spiro atoms. The molecule has 1 aromatic heterocycles. The molecular weight excluding hydrogens is 260 g/mol. The van der Waals surface area contributed by atoms with Crippen LogP contribution in [0.1, 0.15) is 0 Å². The molecule has 0 aliphatic heterocycles. The van der Waals surface area contributed by atoms with E-state index in [1.54, 1.807) is 0 Å². The Bertz CT molecular complexity index is 438. The molecule has 0 saturated heterocycles. The van der Waals surface area contributed by atoms with E-state index in [1.807, 2.05) is 18.2 Å². The molecule has 0 radical (unpaired) electrons. The van der Waals surface area contributed by atoms with Gasteiger partial charge in [-0.1, -0.05) is 17.7 Å². The van der Waals surface area contributed by atoms with Gasteiger partial charge in [-0.15, -0.1) is 11.3 Å². The molecule has 0 unspecified atom stereocenters. The first-order chi connectivity index (χ1) is 5.70. The monoisotopic (exact) mass is 262 g/mol. The van der Waals surface area contributed by atoms with Gasteiger partial charge < -0.3 is 5.11 Å². The number of thiophene rings is 1. The topological polar surface area (TPSA) is 20.2 Å². The van der Waals surface area contributed by atoms with E-state index >= 15 is 0 Å². The quantitative estimate of drug-likeness (QED) is 0.761. The van der Waals surface area contributed by atoms with E-state index in [9.17, 15) is 5.11 Å². The van der Waals surface area contributed by atoms with Crippen LogP contribution in [0.25, 0.3) is 10.1 Å². The molecule has 1 nitrogen and oxygen atoms in total. The molecule has 4 heteroatoms. The van der Waals surface area contributed by atoms with Crippen LogP contribution >= 0.6 is 38.9 Å². The maximum absolute atomic E-state index is 9.48. The van der Waals surface area contributed by atoms with Gasteiger partial charge in [0, 0.05) is 9.86 Å². The number of halogens is 2. The Labute approximate surface area is 86.7 Å². The van der Waals surface area contributed by atoms with Crippen molar-refractivity contribution in [2.75, 3.05) is 0 Å². The Hall–Kier alpha value is -0.250. The molecule has 1 heterocycles. The average molecular weight is 264 g/mol. The molecule has 0 aliphatic carbocycles. The van der Waals surface area contributed by atoms with Crippen LogP contribution in [0.15, 0.2) is 22.7 Å². The lowest BCUT2D eigenvalue weighted by molar-refractivity contribution is 0.484. The van der Waals surface area contributed by atoms with Crippen molar-refractivity contribution >= 4 is 49.0 Å². The molecule has 2 aromatic rings. The fourth-order valence-corrected chi connectivity index (χ4v) is 2.81. The largest absolute Gasteiger partial charge is 0.505 e. The first-order valence-electron chi connectivity index (χ1n) is 3.25. The lowest BCUT2D eigenvalue weighted by Gasteiger charge is -1.91. The summed E-state index contributed by atoms with van der Waals surface area (Å²) in [6, 6.07) is 5.64. The third kappa shape index (κ3) is 1.13. The number of hydrogen-bond donors (Lipinski definition) is 1. The Morgan fingerprint density at radius 3 is 2.83 bits per heavy atom. The van der Waals surface area contributed by atoms with Crippen LogP contribution in [0.3, 0.4) is 0 Å². The van der Waals surface area contributed by atoms with Gasteiger partial charge in [-0.3, -0.25) is 0 Å². The summed E-state index contributed by atoms with van der Waals surface area (Å²) in [5, 5.41) is 10.3. The Morgan fingerprint density at radius 2 is 2.17 bits per heavy atom. The lowest BCUT2D eigenvalue weighted by atomic mass is 10.2. The van der Waals surface area contributed by atoms with Crippen molar-refractivity contribution < 1.29 is 5.11 Å². The van der Waals surface area contributed by atoms with Gasteiger partial charge in [0.15, 0.2) is 5.75 Å². The van der Waals surface area contributed by atoms with Gasteiger partial charge in [-0.25, -0.2) is 0 Å². The summed E-state index contributed by atoms with van der Waals surface area (Å²) < 4.78 is 2.39. The highest BCUT2D eigenvalue weighted by molar-refractivity contribution is 9.10. The van der Waals surface area contributed by atoms with Crippen molar-refractivity contribution in [1.29, 1.82) is 0 Å². The summed E-state index contributed by atoms with van der Waals surface area (Å²) in [7, 11) is 0. The molecule has 2 rings (SSSR count). The van der Waals surface area contributed by atoms with Crippen molar-refractivity contribution in [3.05, 3.63) is 27.0 Å². The van der Waals surface area contributed by atoms with Crippen molar-refractivity contribution in [3.63, 3.8) is 0 Å². The first-order valence-corrected chi connectivity index (χ1v) is 5.24. The molecule has 0 saturated carbocycles. The highest BCUT2D eigenvalue weighted by Gasteiger charge is 2.10. The summed E-state index contributed by atoms with van der Waals surface area (Å²) in [4.78, 5) is 0. The van der Waals surface area contributed by atoms with Crippen LogP contribution in [-0.2, 0) is 0 Å². The standard InChI is InChI=1S/C8H4BrClOS/c9-5-3-1-2-4-6(11)8(10)12-7(4)5/h1-3,11H. The van der Waals surface area contributed by atoms with Crippen LogP contribution in [0.5, 0.6) is 5.75 Å². The molecule has 1 aromatic carbocycles. The van der Waals surface area contributed by atoms with Crippen molar-refractivity contribution in [1.82, 2.24) is 0 Å². The average Bonchev–Trinajstić information content (AvgIpc) is 2.32. The predicted molar refractivity (Wildman–Crippen MR) is 56.2 cm³/mol. The Balaban J connectivity index is 2.95. The van der Waals surface area contributed by atoms with Crippen LogP contribution < -0.4 is 0 Å². The third-order valence-electron chi connectivity index (χ3n) is 1.60. The van der Waals surface area contributed by atoms with E-state index in [-0.39, 0.29) is 5.75 Å². The first kappa shape index (κ1) is 8.35. The summed E-state index contributed by atoms with van der Waals surface area (Å²) in [5.41, 5.74) is 0. The molecule has 12 heavy (non-hydrogen) atoms. The third-order valence-corrected chi connectivity index (χ3v) is 3.95. The van der Waals surface area contributed by atoms with E-state index in [0.29, 0.717) is 4.34 Å². The smallest absolute Gasteiger partial charge is 0.152 e. The lowest BCUT2D eigenvalue weighted by Crippen LogP contribution is -1.64. The van der Waals surface area contributed by atoms with E-state index in [0.717, 1.165) is 14.6 Å². The summed E-state index contributed by atoms with van der Waals surface area (Å²) >= 11 is 10.5. The molecular formula is C8H4BrClOS. The number of aromatic hydroxyl groups is 1. The molecule has 0 fully saturated rings. The number of benzene rings is 1. The van der Waals surface area contributed by atoms with E-state index < -0.39 is 0 Å². The van der Waals surface area contributed by atoms with E-state index in [2.05, 4.69) is 15.9 Å². The van der Waals surface area contributed by atoms with Crippen LogP contribution in [0.2, 0.25) is 4.34 Å². The molecule has 62 valence electrons. The van der Waals surface area contributed by atoms with Gasteiger partial charge in [-0.2, -0.15) is 0 Å². The normalized spacial score (nSPS) is 10.8. The summed E-state index contributed by atoms with van der Waals surface area (Å²) in [6.45, 7) is 0. The van der Waals surface area contributed by atoms with Gasteiger partial charge in [0.25, 0.3) is 0 Å². The van der Waals surface area contributed by atoms with Gasteiger partial charge >= 0.3 is 0 Å². The second kappa shape index (κ2) is 2.91. The molecule has 0 bridgehead atoms. The zero-order valence-corrected chi connectivity index (χ0v) is 9.00. The Kier molecular flexibility index (Phi) is 2.02. The minimum absolute atomic E-state index is 0.179. The number of rotatable bonds is 0. The van der Waals surface area contributed by atoms with Crippen molar-refractivity contribution in [2.24, 2.45) is 0 Å². The maximum atomic E-state index is 9.48. The minimum Gasteiger partial charge on any atom is -0.505 e. The Morgan fingerprint density at radius 1 is 1.42 bits per heavy atom. The van der Waals surface area contributed by atoms with Gasteiger partial charge in [-0.05, 0) is 28.1 Å². The maximum Gasteiger partial charge on any atom is 0.152 e. The zero-order chi connectivity index (χ0) is 8.72. The second-order valence-corrected chi connectivity index (χ2v) is 4.82. The van der Waals surface area contributed by atoms with Crippen molar-refractivity contribution in [3.8, 4) is 5.75 Å². The van der Waals surface area contributed by atoms with Crippen LogP contribution in [-0.4, -0.2) is 5.11 Å². The predicted octanol–water partition coefficient (Wildman–Crippen LogP) is 4.02. The molecule has 0 amide bonds. The fraction of sp³-hybridized carbons (Fsp3) is 0.